The van der Waals surface area contributed by atoms with Crippen LogP contribution < -0.4 is 5.73 Å². The Hall–Kier alpha value is -1.97. The van der Waals surface area contributed by atoms with Crippen molar-refractivity contribution < 1.29 is 4.79 Å². The van der Waals surface area contributed by atoms with Crippen molar-refractivity contribution >= 4 is 22.6 Å². The van der Waals surface area contributed by atoms with Crippen molar-refractivity contribution in [3.63, 3.8) is 0 Å². The Balaban J connectivity index is 2.57. The number of nitrogens with two attached hydrogens (primary N) is 1. The van der Waals surface area contributed by atoms with E-state index in [1.54, 1.807) is 4.57 Å². The number of amides is 1. The van der Waals surface area contributed by atoms with Gasteiger partial charge in [-0.1, -0.05) is 0 Å². The largest absolute Gasteiger partial charge is 0.399 e. The predicted octanol–water partition coefficient (Wildman–Crippen LogP) is 2.84. The Bertz CT molecular complexity index is 582. The average Bonchev–Trinajstić information content (AvgIpc) is 2.65. The molecule has 1 amide bonds. The van der Waals surface area contributed by atoms with Gasteiger partial charge in [0.25, 0.3) is 0 Å². The number of fused-ring (bicyclic) bond motifs is 1. The fourth-order valence-electron chi connectivity index (χ4n) is 2.26. The van der Waals surface area contributed by atoms with Crippen molar-refractivity contribution in [2.45, 2.75) is 20.8 Å². The monoisotopic (exact) mass is 245 g/mol. The van der Waals surface area contributed by atoms with E-state index < -0.39 is 0 Å². The van der Waals surface area contributed by atoms with Gasteiger partial charge in [0.15, 0.2) is 0 Å². The highest BCUT2D eigenvalue weighted by atomic mass is 16.2. The molecule has 0 atom stereocenters. The Morgan fingerprint density at radius 2 is 1.94 bits per heavy atom. The third-order valence-corrected chi connectivity index (χ3v) is 3.23. The van der Waals surface area contributed by atoms with Crippen LogP contribution in [-0.4, -0.2) is 28.6 Å². The summed E-state index contributed by atoms with van der Waals surface area (Å²) < 4.78 is 1.75. The van der Waals surface area contributed by atoms with Gasteiger partial charge >= 0.3 is 6.03 Å². The van der Waals surface area contributed by atoms with E-state index >= 15 is 0 Å². The van der Waals surface area contributed by atoms with Gasteiger partial charge in [-0.15, -0.1) is 0 Å². The van der Waals surface area contributed by atoms with Crippen molar-refractivity contribution in [2.75, 3.05) is 18.8 Å². The van der Waals surface area contributed by atoms with Gasteiger partial charge in [0.05, 0.1) is 5.52 Å². The first-order valence-corrected chi connectivity index (χ1v) is 6.25. The number of rotatable bonds is 2. The van der Waals surface area contributed by atoms with Gasteiger partial charge in [-0.3, -0.25) is 4.57 Å². The van der Waals surface area contributed by atoms with Crippen LogP contribution in [0.1, 0.15) is 19.5 Å². The molecule has 0 spiro atoms. The van der Waals surface area contributed by atoms with Crippen molar-refractivity contribution in [3.8, 4) is 0 Å². The molecule has 4 heteroatoms. The Kier molecular flexibility index (Phi) is 3.28. The summed E-state index contributed by atoms with van der Waals surface area (Å²) in [4.78, 5) is 14.3. The van der Waals surface area contributed by atoms with Crippen molar-refractivity contribution in [2.24, 2.45) is 0 Å². The van der Waals surface area contributed by atoms with Crippen LogP contribution in [0.15, 0.2) is 24.3 Å². The second kappa shape index (κ2) is 4.72. The zero-order chi connectivity index (χ0) is 13.3. The first-order valence-electron chi connectivity index (χ1n) is 6.25. The SMILES string of the molecule is CCN(CC)C(=O)n1c(C)cc2cc(N)ccc21. The highest BCUT2D eigenvalue weighted by Crippen LogP contribution is 2.22. The van der Waals surface area contributed by atoms with Gasteiger partial charge in [0.1, 0.15) is 0 Å². The molecule has 18 heavy (non-hydrogen) atoms. The maximum atomic E-state index is 12.4. The number of carbonyl (C=O) groups is 1. The molecule has 96 valence electrons. The molecule has 4 nitrogen and oxygen atoms in total. The fraction of sp³-hybridized carbons (Fsp3) is 0.357. The number of carbonyl (C=O) groups excluding carboxylic acids is 1. The normalized spacial score (nSPS) is 10.8. The third kappa shape index (κ3) is 1.94. The van der Waals surface area contributed by atoms with Crippen LogP contribution in [0.5, 0.6) is 0 Å². The molecule has 0 aliphatic carbocycles. The first kappa shape index (κ1) is 12.5. The summed E-state index contributed by atoms with van der Waals surface area (Å²) >= 11 is 0. The number of hydrogen-bond donors (Lipinski definition) is 1. The smallest absolute Gasteiger partial charge is 0.328 e. The highest BCUT2D eigenvalue weighted by molar-refractivity contribution is 5.94. The molecule has 1 aromatic heterocycles. The molecule has 0 saturated carbocycles. The summed E-state index contributed by atoms with van der Waals surface area (Å²) in [5, 5.41) is 1.01. The average molecular weight is 245 g/mol. The van der Waals surface area contributed by atoms with Gasteiger partial charge in [-0.05, 0) is 45.0 Å². The lowest BCUT2D eigenvalue weighted by Gasteiger charge is -2.20. The number of nitrogens with zero attached hydrogens (tertiary/aromatic N) is 2. The van der Waals surface area contributed by atoms with Crippen LogP contribution in [0.4, 0.5) is 10.5 Å². The van der Waals surface area contributed by atoms with E-state index in [1.807, 2.05) is 49.9 Å². The molecule has 0 saturated heterocycles. The Labute approximate surface area is 107 Å². The lowest BCUT2D eigenvalue weighted by molar-refractivity contribution is 0.205. The van der Waals surface area contributed by atoms with Gasteiger partial charge in [-0.25, -0.2) is 4.79 Å². The molecule has 2 rings (SSSR count). The van der Waals surface area contributed by atoms with Crippen molar-refractivity contribution in [3.05, 3.63) is 30.0 Å². The summed E-state index contributed by atoms with van der Waals surface area (Å²) in [6, 6.07) is 7.64. The summed E-state index contributed by atoms with van der Waals surface area (Å²) in [6.07, 6.45) is 0. The predicted molar refractivity (Wildman–Crippen MR) is 74.8 cm³/mol. The minimum absolute atomic E-state index is 0.0253. The standard InChI is InChI=1S/C14H19N3O/c1-4-16(5-2)14(18)17-10(3)8-11-9-12(15)6-7-13(11)17/h6-9H,4-5,15H2,1-3H3. The van der Waals surface area contributed by atoms with Crippen LogP contribution in [0.2, 0.25) is 0 Å². The molecular formula is C14H19N3O. The van der Waals surface area contributed by atoms with Crippen LogP contribution >= 0.6 is 0 Å². The van der Waals surface area contributed by atoms with E-state index in [2.05, 4.69) is 0 Å². The van der Waals surface area contributed by atoms with E-state index in [1.165, 1.54) is 0 Å². The quantitative estimate of drug-likeness (QED) is 0.827. The number of benzene rings is 1. The van der Waals surface area contributed by atoms with Crippen molar-refractivity contribution in [1.82, 2.24) is 9.47 Å². The summed E-state index contributed by atoms with van der Waals surface area (Å²) in [5.41, 5.74) is 8.34. The van der Waals surface area contributed by atoms with Gasteiger partial charge < -0.3 is 10.6 Å². The maximum Gasteiger partial charge on any atom is 0.328 e. The second-order valence-electron chi connectivity index (χ2n) is 4.39. The molecule has 0 bridgehead atoms. The third-order valence-electron chi connectivity index (χ3n) is 3.23. The lowest BCUT2D eigenvalue weighted by atomic mass is 10.2. The number of nitrogen functional groups attached to an aromatic ring is 1. The molecule has 0 aliphatic rings. The highest BCUT2D eigenvalue weighted by Gasteiger charge is 2.16. The molecule has 1 heterocycles. The minimum atomic E-state index is 0.0253. The molecule has 0 fully saturated rings. The Morgan fingerprint density at radius 1 is 1.28 bits per heavy atom. The number of aromatic nitrogens is 1. The maximum absolute atomic E-state index is 12.4. The van der Waals surface area contributed by atoms with Crippen LogP contribution in [0, 0.1) is 6.92 Å². The van der Waals surface area contributed by atoms with Gasteiger partial charge in [0.2, 0.25) is 0 Å². The number of hydrogen-bond acceptors (Lipinski definition) is 2. The first-order chi connectivity index (χ1) is 8.58. The zero-order valence-corrected chi connectivity index (χ0v) is 11.1. The van der Waals surface area contributed by atoms with Crippen LogP contribution in [-0.2, 0) is 0 Å². The number of aryl methyl sites for hydroxylation is 1. The molecule has 1 aromatic carbocycles. The number of anilines is 1. The van der Waals surface area contributed by atoms with Crippen LogP contribution in [0.3, 0.4) is 0 Å². The van der Waals surface area contributed by atoms with E-state index in [0.717, 1.165) is 22.3 Å². The summed E-state index contributed by atoms with van der Waals surface area (Å²) in [7, 11) is 0. The van der Waals surface area contributed by atoms with E-state index in [9.17, 15) is 4.79 Å². The molecule has 2 aromatic rings. The second-order valence-corrected chi connectivity index (χ2v) is 4.39. The lowest BCUT2D eigenvalue weighted by Crippen LogP contribution is -2.34. The summed E-state index contributed by atoms with van der Waals surface area (Å²) in [5.74, 6) is 0. The fourth-order valence-corrected chi connectivity index (χ4v) is 2.26. The van der Waals surface area contributed by atoms with E-state index in [0.29, 0.717) is 13.1 Å². The van der Waals surface area contributed by atoms with E-state index in [4.69, 9.17) is 5.73 Å². The molecule has 0 radical (unpaired) electrons. The van der Waals surface area contributed by atoms with Gasteiger partial charge in [-0.2, -0.15) is 0 Å². The minimum Gasteiger partial charge on any atom is -0.399 e. The molecule has 2 N–H and O–H groups in total. The van der Waals surface area contributed by atoms with E-state index in [-0.39, 0.29) is 6.03 Å². The van der Waals surface area contributed by atoms with Gasteiger partial charge in [0, 0.05) is 29.9 Å². The van der Waals surface area contributed by atoms with Crippen LogP contribution in [0.25, 0.3) is 10.9 Å². The summed E-state index contributed by atoms with van der Waals surface area (Å²) in [6.45, 7) is 7.34. The topological polar surface area (TPSA) is 51.3 Å². The van der Waals surface area contributed by atoms with Crippen molar-refractivity contribution in [1.29, 1.82) is 0 Å². The molecular weight excluding hydrogens is 226 g/mol. The molecule has 0 unspecified atom stereocenters. The molecule has 0 aliphatic heterocycles. The zero-order valence-electron chi connectivity index (χ0n) is 11.1. The Morgan fingerprint density at radius 3 is 2.56 bits per heavy atom.